The number of benzene rings is 2. The van der Waals surface area contributed by atoms with Gasteiger partial charge in [-0.25, -0.2) is 0 Å². The van der Waals surface area contributed by atoms with Crippen LogP contribution in [-0.4, -0.2) is 29.4 Å². The second-order valence-corrected chi connectivity index (χ2v) is 8.99. The Morgan fingerprint density at radius 1 is 1.13 bits per heavy atom. The summed E-state index contributed by atoms with van der Waals surface area (Å²) in [7, 11) is 1.68. The number of likely N-dealkylation sites (tertiary alicyclic amines) is 1. The summed E-state index contributed by atoms with van der Waals surface area (Å²) in [6.45, 7) is 0.862. The van der Waals surface area contributed by atoms with Gasteiger partial charge in [0.25, 0.3) is 0 Å². The lowest BCUT2D eigenvalue weighted by atomic mass is 10.0. The van der Waals surface area contributed by atoms with Crippen molar-refractivity contribution in [3.8, 4) is 17.0 Å². The van der Waals surface area contributed by atoms with E-state index in [0.29, 0.717) is 6.42 Å². The summed E-state index contributed by atoms with van der Waals surface area (Å²) >= 11 is 1.75. The number of amides is 1. The topological polar surface area (TPSA) is 45.3 Å². The highest BCUT2D eigenvalue weighted by Gasteiger charge is 2.30. The molecule has 1 N–H and O–H groups in total. The maximum Gasteiger partial charge on any atom is 0.223 e. The normalized spacial score (nSPS) is 16.2. The molecule has 158 valence electrons. The third kappa shape index (κ3) is 3.86. The van der Waals surface area contributed by atoms with E-state index in [4.69, 9.17) is 4.74 Å². The number of para-hydroxylation sites is 1. The number of nitrogens with zero attached hydrogens (tertiary/aromatic N) is 1. The van der Waals surface area contributed by atoms with Gasteiger partial charge in [0.15, 0.2) is 0 Å². The number of hydrogen-bond acceptors (Lipinski definition) is 3. The van der Waals surface area contributed by atoms with E-state index in [1.54, 1.807) is 18.4 Å². The van der Waals surface area contributed by atoms with Gasteiger partial charge in [0.1, 0.15) is 5.75 Å². The fourth-order valence-corrected chi connectivity index (χ4v) is 5.55. The smallest absolute Gasteiger partial charge is 0.223 e. The van der Waals surface area contributed by atoms with Crippen LogP contribution >= 0.6 is 11.3 Å². The number of carbonyl (C=O) groups is 1. The van der Waals surface area contributed by atoms with Crippen LogP contribution in [0, 0.1) is 0 Å². The Hall–Kier alpha value is -3.05. The monoisotopic (exact) mass is 430 g/mol. The van der Waals surface area contributed by atoms with Crippen molar-refractivity contribution in [1.29, 1.82) is 0 Å². The SMILES string of the molecule is COc1ccc(-c2[nH]c3ccccc3c2CCC(=O)N2CCCC2c2cccs2)cc1. The zero-order valence-corrected chi connectivity index (χ0v) is 18.5. The summed E-state index contributed by atoms with van der Waals surface area (Å²) < 4.78 is 5.31. The first-order chi connectivity index (χ1) is 15.2. The van der Waals surface area contributed by atoms with Crippen LogP contribution in [0.5, 0.6) is 5.75 Å². The minimum absolute atomic E-state index is 0.247. The molecule has 1 saturated heterocycles. The van der Waals surface area contributed by atoms with Crippen LogP contribution in [0.3, 0.4) is 0 Å². The van der Waals surface area contributed by atoms with E-state index in [-0.39, 0.29) is 11.9 Å². The summed E-state index contributed by atoms with van der Waals surface area (Å²) in [6, 6.07) is 20.9. The molecule has 0 radical (unpaired) electrons. The maximum atomic E-state index is 13.2. The Morgan fingerprint density at radius 2 is 1.97 bits per heavy atom. The molecule has 4 nitrogen and oxygen atoms in total. The molecule has 0 saturated carbocycles. The van der Waals surface area contributed by atoms with Crippen molar-refractivity contribution in [3.63, 3.8) is 0 Å². The van der Waals surface area contributed by atoms with Gasteiger partial charge in [0, 0.05) is 34.4 Å². The number of aromatic amines is 1. The molecule has 1 atom stereocenters. The minimum atomic E-state index is 0.247. The standard InChI is InChI=1S/C26H26N2O2S/c1-30-19-12-10-18(11-13-19)26-21(20-6-2-3-7-22(20)27-26)14-15-25(29)28-16-4-8-23(28)24-9-5-17-31-24/h2-3,5-7,9-13,17,23,27H,4,8,14-16H2,1H3. The van der Waals surface area contributed by atoms with Crippen molar-refractivity contribution in [3.05, 3.63) is 76.5 Å². The van der Waals surface area contributed by atoms with Crippen LogP contribution in [-0.2, 0) is 11.2 Å². The molecule has 2 aromatic heterocycles. The van der Waals surface area contributed by atoms with Crippen molar-refractivity contribution >= 4 is 28.1 Å². The molecule has 1 fully saturated rings. The number of thiophene rings is 1. The first kappa shape index (κ1) is 19.9. The van der Waals surface area contributed by atoms with Gasteiger partial charge in [-0.2, -0.15) is 0 Å². The number of hydrogen-bond donors (Lipinski definition) is 1. The van der Waals surface area contributed by atoms with E-state index in [2.05, 4.69) is 57.7 Å². The lowest BCUT2D eigenvalue weighted by molar-refractivity contribution is -0.132. The predicted molar refractivity (Wildman–Crippen MR) is 127 cm³/mol. The molecule has 1 aliphatic heterocycles. The molecular formula is C26H26N2O2S. The Labute approximate surface area is 186 Å². The first-order valence-corrected chi connectivity index (χ1v) is 11.7. The van der Waals surface area contributed by atoms with Crippen LogP contribution in [0.4, 0.5) is 0 Å². The molecule has 0 spiro atoms. The molecule has 4 aromatic rings. The van der Waals surface area contributed by atoms with Crippen LogP contribution in [0.2, 0.25) is 0 Å². The Kier molecular flexibility index (Phi) is 5.51. The third-order valence-electron chi connectivity index (χ3n) is 6.23. The van der Waals surface area contributed by atoms with Crippen LogP contribution in [0.25, 0.3) is 22.2 Å². The lowest BCUT2D eigenvalue weighted by Crippen LogP contribution is -2.30. The van der Waals surface area contributed by atoms with Crippen molar-refractivity contribution < 1.29 is 9.53 Å². The Balaban J connectivity index is 1.41. The summed E-state index contributed by atoms with van der Waals surface area (Å²) in [5.41, 5.74) is 4.51. The zero-order valence-electron chi connectivity index (χ0n) is 17.6. The molecule has 1 unspecified atom stereocenters. The predicted octanol–water partition coefficient (Wildman–Crippen LogP) is 6.20. The molecular weight excluding hydrogens is 404 g/mol. The van der Waals surface area contributed by atoms with Gasteiger partial charge in [0.2, 0.25) is 5.91 Å². The van der Waals surface area contributed by atoms with Crippen molar-refractivity contribution in [2.24, 2.45) is 0 Å². The van der Waals surface area contributed by atoms with Crippen molar-refractivity contribution in [1.82, 2.24) is 9.88 Å². The highest BCUT2D eigenvalue weighted by molar-refractivity contribution is 7.10. The fraction of sp³-hybridized carbons (Fsp3) is 0.269. The van der Waals surface area contributed by atoms with Gasteiger partial charge < -0.3 is 14.6 Å². The van der Waals surface area contributed by atoms with Gasteiger partial charge in [-0.1, -0.05) is 24.3 Å². The number of methoxy groups -OCH3 is 1. The number of rotatable bonds is 6. The number of aromatic nitrogens is 1. The summed E-state index contributed by atoms with van der Waals surface area (Å²) in [5.74, 6) is 1.09. The second-order valence-electron chi connectivity index (χ2n) is 8.01. The molecule has 5 rings (SSSR count). The largest absolute Gasteiger partial charge is 0.497 e. The van der Waals surface area contributed by atoms with E-state index < -0.39 is 0 Å². The number of H-pyrrole nitrogens is 1. The zero-order chi connectivity index (χ0) is 21.2. The number of nitrogens with one attached hydrogen (secondary N) is 1. The van der Waals surface area contributed by atoms with Crippen LogP contribution in [0.1, 0.15) is 35.7 Å². The Morgan fingerprint density at radius 3 is 2.74 bits per heavy atom. The first-order valence-electron chi connectivity index (χ1n) is 10.8. The number of fused-ring (bicyclic) bond motifs is 1. The Bertz CT molecular complexity index is 1180. The number of carbonyl (C=O) groups excluding carboxylic acids is 1. The molecule has 1 amide bonds. The van der Waals surface area contributed by atoms with E-state index in [0.717, 1.165) is 48.3 Å². The van der Waals surface area contributed by atoms with Crippen molar-refractivity contribution in [2.75, 3.05) is 13.7 Å². The lowest BCUT2D eigenvalue weighted by Gasteiger charge is -2.24. The van der Waals surface area contributed by atoms with Gasteiger partial charge in [-0.05, 0) is 72.2 Å². The highest BCUT2D eigenvalue weighted by Crippen LogP contribution is 2.36. The average Bonchev–Trinajstić information content (AvgIpc) is 3.57. The molecule has 3 heterocycles. The van der Waals surface area contributed by atoms with E-state index in [1.807, 2.05) is 18.2 Å². The van der Waals surface area contributed by atoms with Crippen LogP contribution < -0.4 is 4.74 Å². The minimum Gasteiger partial charge on any atom is -0.497 e. The summed E-state index contributed by atoms with van der Waals surface area (Å²) in [5, 5.41) is 3.29. The molecule has 5 heteroatoms. The molecule has 1 aliphatic rings. The number of ether oxygens (including phenoxy) is 1. The quantitative estimate of drug-likeness (QED) is 0.396. The molecule has 0 bridgehead atoms. The molecule has 2 aromatic carbocycles. The fourth-order valence-electron chi connectivity index (χ4n) is 4.68. The van der Waals surface area contributed by atoms with E-state index in [9.17, 15) is 4.79 Å². The molecule has 31 heavy (non-hydrogen) atoms. The van der Waals surface area contributed by atoms with E-state index in [1.165, 1.54) is 15.8 Å². The maximum absolute atomic E-state index is 13.2. The summed E-state index contributed by atoms with van der Waals surface area (Å²) in [4.78, 5) is 20.2. The summed E-state index contributed by atoms with van der Waals surface area (Å²) in [6.07, 6.45) is 3.39. The van der Waals surface area contributed by atoms with Gasteiger partial charge >= 0.3 is 0 Å². The third-order valence-corrected chi connectivity index (χ3v) is 7.20. The van der Waals surface area contributed by atoms with Gasteiger partial charge in [0.05, 0.1) is 13.2 Å². The van der Waals surface area contributed by atoms with Gasteiger partial charge in [-0.3, -0.25) is 4.79 Å². The van der Waals surface area contributed by atoms with E-state index >= 15 is 0 Å². The van der Waals surface area contributed by atoms with Gasteiger partial charge in [-0.15, -0.1) is 11.3 Å². The average molecular weight is 431 g/mol. The second kappa shape index (κ2) is 8.60. The van der Waals surface area contributed by atoms with Crippen LogP contribution in [0.15, 0.2) is 66.0 Å². The number of aryl methyl sites for hydroxylation is 1. The highest BCUT2D eigenvalue weighted by atomic mass is 32.1. The molecule has 0 aliphatic carbocycles. The van der Waals surface area contributed by atoms with Crippen molar-refractivity contribution in [2.45, 2.75) is 31.7 Å².